The molecule has 11 heteroatoms. The Morgan fingerprint density at radius 2 is 1.48 bits per heavy atom. The van der Waals surface area contributed by atoms with Crippen molar-refractivity contribution >= 4 is 24.0 Å². The molecule has 0 unspecified atom stereocenters. The van der Waals surface area contributed by atoms with E-state index in [0.717, 1.165) is 33.6 Å². The van der Waals surface area contributed by atoms with E-state index in [9.17, 15) is 19.2 Å². The standard InChI is InChI=1S/C39H50N4O7/c1-27-22-31(23-28(2)34(27)48-25-29-14-8-6-9-15-29)24-41-35(44)32(18-12-20-40-37(46)49-26-30-16-10-7-11-17-30)42-36(45)33-19-13-21-43(33)38(47)50-39(3,4)5/h6-11,14-17,22-23,32-33H,12-13,18-21,24-26H2,1-5H3,(H,40,46)(H,41,44)(H,42,45)/t32-,33-/m0/s1. The predicted molar refractivity (Wildman–Crippen MR) is 190 cm³/mol. The number of hydrogen-bond donors (Lipinski definition) is 3. The molecule has 3 N–H and O–H groups in total. The number of hydrogen-bond acceptors (Lipinski definition) is 7. The highest BCUT2D eigenvalue weighted by atomic mass is 16.6. The molecule has 3 aromatic rings. The summed E-state index contributed by atoms with van der Waals surface area (Å²) in [5, 5.41) is 8.55. The molecule has 1 aliphatic heterocycles. The van der Waals surface area contributed by atoms with Crippen LogP contribution in [-0.4, -0.2) is 59.7 Å². The van der Waals surface area contributed by atoms with Crippen LogP contribution in [0.3, 0.4) is 0 Å². The zero-order valence-electron chi connectivity index (χ0n) is 29.8. The number of alkyl carbamates (subject to hydrolysis) is 1. The highest BCUT2D eigenvalue weighted by Gasteiger charge is 2.38. The summed E-state index contributed by atoms with van der Waals surface area (Å²) >= 11 is 0. The number of amides is 4. The van der Waals surface area contributed by atoms with Crippen LogP contribution in [0.15, 0.2) is 72.8 Å². The normalized spacial score (nSPS) is 14.7. The van der Waals surface area contributed by atoms with Gasteiger partial charge in [0.05, 0.1) is 0 Å². The third kappa shape index (κ3) is 11.8. The van der Waals surface area contributed by atoms with E-state index in [0.29, 0.717) is 32.4 Å². The van der Waals surface area contributed by atoms with E-state index in [-0.39, 0.29) is 32.0 Å². The molecule has 4 rings (SSSR count). The topological polar surface area (TPSA) is 135 Å². The molecule has 3 aromatic carbocycles. The lowest BCUT2D eigenvalue weighted by Gasteiger charge is -2.29. The lowest BCUT2D eigenvalue weighted by molar-refractivity contribution is -0.131. The average Bonchev–Trinajstić information content (AvgIpc) is 3.58. The first kappa shape index (κ1) is 37.8. The minimum Gasteiger partial charge on any atom is -0.488 e. The molecule has 1 saturated heterocycles. The molecular weight excluding hydrogens is 636 g/mol. The monoisotopic (exact) mass is 686 g/mol. The SMILES string of the molecule is Cc1cc(CNC(=O)[C@H](CCCNC(=O)OCc2ccccc2)NC(=O)[C@@H]2CCCN2C(=O)OC(C)(C)C)cc(C)c1OCc1ccccc1. The van der Waals surface area contributed by atoms with Gasteiger partial charge in [0.15, 0.2) is 0 Å². The van der Waals surface area contributed by atoms with E-state index in [4.69, 9.17) is 14.2 Å². The molecule has 0 aliphatic carbocycles. The zero-order chi connectivity index (χ0) is 36.1. The first-order chi connectivity index (χ1) is 23.9. The summed E-state index contributed by atoms with van der Waals surface area (Å²) < 4.78 is 16.9. The van der Waals surface area contributed by atoms with Gasteiger partial charge in [0.25, 0.3) is 0 Å². The van der Waals surface area contributed by atoms with Crippen molar-refractivity contribution in [3.8, 4) is 5.75 Å². The van der Waals surface area contributed by atoms with Crippen LogP contribution in [0.5, 0.6) is 5.75 Å². The molecule has 4 amide bonds. The van der Waals surface area contributed by atoms with Gasteiger partial charge in [-0.05, 0) is 88.1 Å². The second-order valence-corrected chi connectivity index (χ2v) is 13.6. The Kier molecular flexibility index (Phi) is 13.7. The van der Waals surface area contributed by atoms with Gasteiger partial charge in [-0.1, -0.05) is 72.8 Å². The van der Waals surface area contributed by atoms with Gasteiger partial charge in [0.2, 0.25) is 11.8 Å². The molecule has 1 heterocycles. The Morgan fingerprint density at radius 1 is 0.860 bits per heavy atom. The van der Waals surface area contributed by atoms with Gasteiger partial charge in [0.1, 0.15) is 36.6 Å². The summed E-state index contributed by atoms with van der Waals surface area (Å²) in [4.78, 5) is 53.6. The van der Waals surface area contributed by atoms with Gasteiger partial charge in [-0.15, -0.1) is 0 Å². The Labute approximate surface area is 295 Å². The summed E-state index contributed by atoms with van der Waals surface area (Å²) in [6.07, 6.45) is 0.625. The summed E-state index contributed by atoms with van der Waals surface area (Å²) in [6.45, 7) is 10.7. The highest BCUT2D eigenvalue weighted by Crippen LogP contribution is 2.26. The van der Waals surface area contributed by atoms with Crippen molar-refractivity contribution in [3.63, 3.8) is 0 Å². The van der Waals surface area contributed by atoms with Crippen molar-refractivity contribution < 1.29 is 33.4 Å². The summed E-state index contributed by atoms with van der Waals surface area (Å²) in [7, 11) is 0. The number of ether oxygens (including phenoxy) is 3. The van der Waals surface area contributed by atoms with Crippen LogP contribution >= 0.6 is 0 Å². The molecule has 0 bridgehead atoms. The molecular formula is C39H50N4O7. The number of likely N-dealkylation sites (tertiary alicyclic amines) is 1. The third-order valence-corrected chi connectivity index (χ3v) is 8.18. The van der Waals surface area contributed by atoms with Gasteiger partial charge in [-0.2, -0.15) is 0 Å². The summed E-state index contributed by atoms with van der Waals surface area (Å²) in [6, 6.07) is 21.6. The fourth-order valence-corrected chi connectivity index (χ4v) is 5.80. The van der Waals surface area contributed by atoms with Gasteiger partial charge < -0.3 is 30.2 Å². The van der Waals surface area contributed by atoms with Crippen LogP contribution < -0.4 is 20.7 Å². The Hall–Kier alpha value is -5.06. The number of aryl methyl sites for hydroxylation is 2. The molecule has 11 nitrogen and oxygen atoms in total. The van der Waals surface area contributed by atoms with Crippen LogP contribution in [0.2, 0.25) is 0 Å². The second-order valence-electron chi connectivity index (χ2n) is 13.6. The van der Waals surface area contributed by atoms with Crippen molar-refractivity contribution in [1.29, 1.82) is 0 Å². The van der Waals surface area contributed by atoms with E-state index < -0.39 is 35.8 Å². The van der Waals surface area contributed by atoms with Crippen LogP contribution in [-0.2, 0) is 38.8 Å². The molecule has 0 aromatic heterocycles. The minimum absolute atomic E-state index is 0.141. The largest absolute Gasteiger partial charge is 0.488 e. The van der Waals surface area contributed by atoms with Crippen molar-refractivity contribution in [1.82, 2.24) is 20.9 Å². The third-order valence-electron chi connectivity index (χ3n) is 8.18. The molecule has 50 heavy (non-hydrogen) atoms. The second kappa shape index (κ2) is 18.1. The molecule has 1 fully saturated rings. The first-order valence-electron chi connectivity index (χ1n) is 17.2. The zero-order valence-corrected chi connectivity index (χ0v) is 29.8. The molecule has 268 valence electrons. The maximum absolute atomic E-state index is 13.6. The van der Waals surface area contributed by atoms with E-state index in [2.05, 4.69) is 16.0 Å². The van der Waals surface area contributed by atoms with Crippen LogP contribution in [0.1, 0.15) is 74.3 Å². The Morgan fingerprint density at radius 3 is 2.10 bits per heavy atom. The van der Waals surface area contributed by atoms with Crippen LogP contribution in [0.25, 0.3) is 0 Å². The fourth-order valence-electron chi connectivity index (χ4n) is 5.80. The number of nitrogens with zero attached hydrogens (tertiary/aromatic N) is 1. The summed E-state index contributed by atoms with van der Waals surface area (Å²) in [5.74, 6) is 0.0110. The average molecular weight is 687 g/mol. The number of benzene rings is 3. The lowest BCUT2D eigenvalue weighted by atomic mass is 10.0. The number of carbonyl (C=O) groups excluding carboxylic acids is 4. The van der Waals surface area contributed by atoms with Gasteiger partial charge in [-0.3, -0.25) is 14.5 Å². The van der Waals surface area contributed by atoms with Crippen molar-refractivity contribution in [2.45, 2.75) is 97.7 Å². The number of nitrogens with one attached hydrogen (secondary N) is 3. The smallest absolute Gasteiger partial charge is 0.410 e. The fraction of sp³-hybridized carbons (Fsp3) is 0.436. The highest BCUT2D eigenvalue weighted by molar-refractivity contribution is 5.91. The predicted octanol–water partition coefficient (Wildman–Crippen LogP) is 6.09. The van der Waals surface area contributed by atoms with E-state index in [1.165, 1.54) is 4.90 Å². The van der Waals surface area contributed by atoms with Gasteiger partial charge in [-0.25, -0.2) is 9.59 Å². The first-order valence-corrected chi connectivity index (χ1v) is 17.2. The van der Waals surface area contributed by atoms with Crippen LogP contribution in [0, 0.1) is 13.8 Å². The lowest BCUT2D eigenvalue weighted by Crippen LogP contribution is -2.53. The van der Waals surface area contributed by atoms with Gasteiger partial charge >= 0.3 is 12.2 Å². The van der Waals surface area contributed by atoms with E-state index in [1.807, 2.05) is 86.6 Å². The van der Waals surface area contributed by atoms with Crippen molar-refractivity contribution in [2.24, 2.45) is 0 Å². The number of rotatable bonds is 14. The summed E-state index contributed by atoms with van der Waals surface area (Å²) in [5.41, 5.74) is 4.02. The van der Waals surface area contributed by atoms with Crippen molar-refractivity contribution in [3.05, 3.63) is 101 Å². The van der Waals surface area contributed by atoms with E-state index >= 15 is 0 Å². The van der Waals surface area contributed by atoms with Crippen molar-refractivity contribution in [2.75, 3.05) is 13.1 Å². The Balaban J connectivity index is 1.36. The van der Waals surface area contributed by atoms with Gasteiger partial charge in [0, 0.05) is 19.6 Å². The number of carbonyl (C=O) groups is 4. The van der Waals surface area contributed by atoms with E-state index in [1.54, 1.807) is 20.8 Å². The maximum Gasteiger partial charge on any atom is 0.410 e. The molecule has 0 spiro atoms. The molecule has 1 aliphatic rings. The minimum atomic E-state index is -0.901. The molecule has 2 atom stereocenters. The Bertz CT molecular complexity index is 1570. The quantitative estimate of drug-likeness (QED) is 0.175. The molecule has 0 saturated carbocycles. The van der Waals surface area contributed by atoms with Crippen LogP contribution in [0.4, 0.5) is 9.59 Å². The maximum atomic E-state index is 13.6. The molecule has 0 radical (unpaired) electrons.